The summed E-state index contributed by atoms with van der Waals surface area (Å²) in [5, 5.41) is 3.86. The number of ether oxygens (including phenoxy) is 1. The normalized spacial score (nSPS) is 12.4. The third-order valence-corrected chi connectivity index (χ3v) is 2.40. The van der Waals surface area contributed by atoms with Crippen LogP contribution in [0.15, 0.2) is 22.9 Å². The predicted octanol–water partition coefficient (Wildman–Crippen LogP) is 1.55. The fraction of sp³-hybridized carbons (Fsp3) is 0.364. The molecule has 2 aromatic heterocycles. The van der Waals surface area contributed by atoms with Crippen molar-refractivity contribution < 1.29 is 9.26 Å². The van der Waals surface area contributed by atoms with Crippen molar-refractivity contribution in [3.63, 3.8) is 0 Å². The lowest BCUT2D eigenvalue weighted by molar-refractivity contribution is 0.352. The molecule has 0 bridgehead atoms. The molecule has 0 unspecified atom stereocenters. The zero-order valence-corrected chi connectivity index (χ0v) is 9.75. The first-order chi connectivity index (χ1) is 8.24. The highest BCUT2D eigenvalue weighted by molar-refractivity contribution is 5.53. The number of hydrogen-bond donors (Lipinski definition) is 1. The summed E-state index contributed by atoms with van der Waals surface area (Å²) in [7, 11) is 1.56. The van der Waals surface area contributed by atoms with Crippen LogP contribution in [0, 0.1) is 0 Å². The largest absolute Gasteiger partial charge is 0.481 e. The molecule has 0 saturated heterocycles. The van der Waals surface area contributed by atoms with Crippen molar-refractivity contribution in [3.8, 4) is 17.3 Å². The number of methoxy groups -OCH3 is 1. The molecule has 0 amide bonds. The van der Waals surface area contributed by atoms with Crippen LogP contribution >= 0.6 is 0 Å². The van der Waals surface area contributed by atoms with Crippen molar-refractivity contribution in [1.82, 2.24) is 15.1 Å². The van der Waals surface area contributed by atoms with Crippen molar-refractivity contribution in [1.29, 1.82) is 0 Å². The van der Waals surface area contributed by atoms with Crippen molar-refractivity contribution in [2.24, 2.45) is 5.73 Å². The van der Waals surface area contributed by atoms with Gasteiger partial charge in [-0.05, 0) is 12.5 Å². The Morgan fingerprint density at radius 3 is 2.88 bits per heavy atom. The fourth-order valence-corrected chi connectivity index (χ4v) is 1.31. The predicted molar refractivity (Wildman–Crippen MR) is 61.3 cm³/mol. The second-order valence-corrected chi connectivity index (χ2v) is 3.56. The second-order valence-electron chi connectivity index (χ2n) is 3.56. The molecule has 2 N–H and O–H groups in total. The van der Waals surface area contributed by atoms with Gasteiger partial charge in [0.15, 0.2) is 0 Å². The molecular weight excluding hydrogens is 220 g/mol. The molecule has 0 saturated carbocycles. The molecule has 2 aromatic rings. The van der Waals surface area contributed by atoms with Crippen molar-refractivity contribution in [2.45, 2.75) is 19.4 Å². The highest BCUT2D eigenvalue weighted by Gasteiger charge is 2.14. The van der Waals surface area contributed by atoms with E-state index in [0.29, 0.717) is 17.6 Å². The summed E-state index contributed by atoms with van der Waals surface area (Å²) in [5.41, 5.74) is 6.57. The highest BCUT2D eigenvalue weighted by Crippen LogP contribution is 2.19. The number of pyridine rings is 1. The van der Waals surface area contributed by atoms with E-state index in [1.165, 1.54) is 0 Å². The number of nitrogens with zero attached hydrogens (tertiary/aromatic N) is 3. The third-order valence-electron chi connectivity index (χ3n) is 2.40. The lowest BCUT2D eigenvalue weighted by Gasteiger charge is -1.99. The van der Waals surface area contributed by atoms with Crippen LogP contribution in [-0.2, 0) is 0 Å². The Hall–Kier alpha value is -1.95. The number of nitrogens with two attached hydrogens (primary N) is 1. The van der Waals surface area contributed by atoms with Gasteiger partial charge in [-0.15, -0.1) is 0 Å². The summed E-state index contributed by atoms with van der Waals surface area (Å²) in [5.74, 6) is 1.47. The molecule has 0 aliphatic heterocycles. The van der Waals surface area contributed by atoms with Crippen LogP contribution in [0.4, 0.5) is 0 Å². The van der Waals surface area contributed by atoms with E-state index >= 15 is 0 Å². The van der Waals surface area contributed by atoms with Gasteiger partial charge in [-0.3, -0.25) is 0 Å². The summed E-state index contributed by atoms with van der Waals surface area (Å²) in [6.45, 7) is 1.96. The maximum absolute atomic E-state index is 5.80. The van der Waals surface area contributed by atoms with E-state index < -0.39 is 0 Å². The summed E-state index contributed by atoms with van der Waals surface area (Å²) < 4.78 is 10.1. The molecular formula is C11H14N4O2. The zero-order chi connectivity index (χ0) is 12.3. The number of aromatic nitrogens is 3. The molecule has 90 valence electrons. The van der Waals surface area contributed by atoms with Gasteiger partial charge in [-0.1, -0.05) is 12.1 Å². The first-order valence-corrected chi connectivity index (χ1v) is 5.34. The third kappa shape index (κ3) is 2.42. The summed E-state index contributed by atoms with van der Waals surface area (Å²) in [6, 6.07) is 3.34. The quantitative estimate of drug-likeness (QED) is 0.863. The van der Waals surface area contributed by atoms with Gasteiger partial charge >= 0.3 is 0 Å². The molecule has 0 fully saturated rings. The number of rotatable bonds is 4. The van der Waals surface area contributed by atoms with Gasteiger partial charge in [0.05, 0.1) is 13.2 Å². The van der Waals surface area contributed by atoms with Crippen LogP contribution in [0.1, 0.15) is 25.3 Å². The van der Waals surface area contributed by atoms with Gasteiger partial charge in [0.1, 0.15) is 0 Å². The molecule has 17 heavy (non-hydrogen) atoms. The second kappa shape index (κ2) is 4.92. The van der Waals surface area contributed by atoms with Crippen LogP contribution in [0.2, 0.25) is 0 Å². The Morgan fingerprint density at radius 1 is 1.47 bits per heavy atom. The zero-order valence-electron chi connectivity index (χ0n) is 9.75. The van der Waals surface area contributed by atoms with E-state index in [9.17, 15) is 0 Å². The first kappa shape index (κ1) is 11.5. The SMILES string of the molecule is CC[C@H](N)c1nc(-c2ccc(OC)nc2)no1. The van der Waals surface area contributed by atoms with Gasteiger partial charge in [0.25, 0.3) is 0 Å². The van der Waals surface area contributed by atoms with Gasteiger partial charge in [-0.2, -0.15) is 4.98 Å². The average Bonchev–Trinajstić information content (AvgIpc) is 2.87. The van der Waals surface area contributed by atoms with Gasteiger partial charge in [0.2, 0.25) is 17.6 Å². The summed E-state index contributed by atoms with van der Waals surface area (Å²) in [4.78, 5) is 8.30. The van der Waals surface area contributed by atoms with Crippen LogP contribution < -0.4 is 10.5 Å². The molecule has 0 aliphatic rings. The van der Waals surface area contributed by atoms with Crippen molar-refractivity contribution in [2.75, 3.05) is 7.11 Å². The Labute approximate surface area is 98.8 Å². The van der Waals surface area contributed by atoms with Crippen molar-refractivity contribution in [3.05, 3.63) is 24.2 Å². The minimum Gasteiger partial charge on any atom is -0.481 e. The van der Waals surface area contributed by atoms with Crippen LogP contribution in [0.25, 0.3) is 11.4 Å². The van der Waals surface area contributed by atoms with Crippen LogP contribution in [0.3, 0.4) is 0 Å². The first-order valence-electron chi connectivity index (χ1n) is 5.34. The van der Waals surface area contributed by atoms with E-state index in [1.54, 1.807) is 19.4 Å². The highest BCUT2D eigenvalue weighted by atomic mass is 16.5. The maximum atomic E-state index is 5.80. The summed E-state index contributed by atoms with van der Waals surface area (Å²) in [6.07, 6.45) is 2.38. The Morgan fingerprint density at radius 2 is 2.29 bits per heavy atom. The van der Waals surface area contributed by atoms with E-state index in [4.69, 9.17) is 15.0 Å². The molecule has 0 radical (unpaired) electrons. The van der Waals surface area contributed by atoms with Gasteiger partial charge in [0, 0.05) is 17.8 Å². The molecule has 0 aliphatic carbocycles. The average molecular weight is 234 g/mol. The van der Waals surface area contributed by atoms with E-state index in [2.05, 4.69) is 15.1 Å². The Balaban J connectivity index is 2.24. The smallest absolute Gasteiger partial charge is 0.243 e. The van der Waals surface area contributed by atoms with Crippen LogP contribution in [-0.4, -0.2) is 22.2 Å². The molecule has 6 heteroatoms. The Bertz CT molecular complexity index is 480. The van der Waals surface area contributed by atoms with Gasteiger partial charge in [-0.25, -0.2) is 4.98 Å². The molecule has 2 rings (SSSR count). The van der Waals surface area contributed by atoms with Gasteiger partial charge < -0.3 is 15.0 Å². The van der Waals surface area contributed by atoms with Crippen LogP contribution in [0.5, 0.6) is 5.88 Å². The minimum atomic E-state index is -0.220. The standard InChI is InChI=1S/C11H14N4O2/c1-3-8(12)11-14-10(15-17-11)7-4-5-9(16-2)13-6-7/h4-6,8H,3,12H2,1-2H3/t8-/m0/s1. The molecule has 0 spiro atoms. The molecule has 1 atom stereocenters. The van der Waals surface area contributed by atoms with E-state index in [0.717, 1.165) is 12.0 Å². The topological polar surface area (TPSA) is 87.1 Å². The van der Waals surface area contributed by atoms with Crippen molar-refractivity contribution >= 4 is 0 Å². The Kier molecular flexibility index (Phi) is 3.34. The monoisotopic (exact) mass is 234 g/mol. The van der Waals surface area contributed by atoms with E-state index in [-0.39, 0.29) is 6.04 Å². The lowest BCUT2D eigenvalue weighted by atomic mass is 10.2. The molecule has 2 heterocycles. The number of hydrogen-bond acceptors (Lipinski definition) is 6. The van der Waals surface area contributed by atoms with E-state index in [1.807, 2.05) is 13.0 Å². The lowest BCUT2D eigenvalue weighted by Crippen LogP contribution is -2.08. The minimum absolute atomic E-state index is 0.220. The fourth-order valence-electron chi connectivity index (χ4n) is 1.31. The summed E-state index contributed by atoms with van der Waals surface area (Å²) >= 11 is 0. The molecule has 6 nitrogen and oxygen atoms in total. The maximum Gasteiger partial charge on any atom is 0.243 e. The molecule has 0 aromatic carbocycles.